The maximum absolute atomic E-state index is 13.1. The highest BCUT2D eigenvalue weighted by molar-refractivity contribution is 5.62. The first-order valence-corrected chi connectivity index (χ1v) is 5.39. The highest BCUT2D eigenvalue weighted by atomic mass is 19.1. The highest BCUT2D eigenvalue weighted by Crippen LogP contribution is 2.21. The van der Waals surface area contributed by atoms with E-state index < -0.39 is 0 Å². The van der Waals surface area contributed by atoms with Crippen LogP contribution < -0.4 is 5.32 Å². The molecule has 0 bridgehead atoms. The third kappa shape index (κ3) is 2.55. The van der Waals surface area contributed by atoms with Gasteiger partial charge < -0.3 is 5.32 Å². The monoisotopic (exact) mass is 232 g/mol. The van der Waals surface area contributed by atoms with Crippen molar-refractivity contribution in [3.05, 3.63) is 36.0 Å². The Kier molecular flexibility index (Phi) is 3.27. The lowest BCUT2D eigenvalue weighted by atomic mass is 10.1. The van der Waals surface area contributed by atoms with Gasteiger partial charge in [-0.25, -0.2) is 14.4 Å². The number of nitrogens with zero attached hydrogens (tertiary/aromatic N) is 3. The minimum Gasteiger partial charge on any atom is -0.354 e. The van der Waals surface area contributed by atoms with Crippen LogP contribution in [0.1, 0.15) is 12.5 Å². The number of nitrogens with one attached hydrogen (secondary N) is 1. The van der Waals surface area contributed by atoms with Gasteiger partial charge in [0.05, 0.1) is 11.9 Å². The molecule has 2 heterocycles. The highest BCUT2D eigenvalue weighted by Gasteiger charge is 2.07. The molecule has 1 N–H and O–H groups in total. The van der Waals surface area contributed by atoms with Crippen molar-refractivity contribution in [2.24, 2.45) is 0 Å². The van der Waals surface area contributed by atoms with Crippen molar-refractivity contribution in [1.29, 1.82) is 0 Å². The molecule has 0 fully saturated rings. The largest absolute Gasteiger partial charge is 0.354 e. The van der Waals surface area contributed by atoms with Crippen LogP contribution in [-0.2, 0) is 0 Å². The van der Waals surface area contributed by atoms with E-state index in [-0.39, 0.29) is 5.82 Å². The molecule has 4 nitrogen and oxygen atoms in total. The summed E-state index contributed by atoms with van der Waals surface area (Å²) in [6.07, 6.45) is 4.48. The van der Waals surface area contributed by atoms with Gasteiger partial charge in [0.15, 0.2) is 0 Å². The molecule has 0 saturated carbocycles. The maximum atomic E-state index is 13.1. The summed E-state index contributed by atoms with van der Waals surface area (Å²) in [5, 5.41) is 3.02. The SMILES string of the molecule is CCNc1ncc(C)c(-c2cncc(F)c2)n1. The molecule has 0 spiro atoms. The lowest BCUT2D eigenvalue weighted by Gasteiger charge is -2.07. The van der Waals surface area contributed by atoms with Gasteiger partial charge in [-0.1, -0.05) is 0 Å². The van der Waals surface area contributed by atoms with Gasteiger partial charge in [-0.2, -0.15) is 0 Å². The Morgan fingerprint density at radius 3 is 2.82 bits per heavy atom. The number of pyridine rings is 1. The van der Waals surface area contributed by atoms with Gasteiger partial charge in [0.25, 0.3) is 0 Å². The van der Waals surface area contributed by atoms with E-state index in [1.165, 1.54) is 12.3 Å². The third-order valence-electron chi connectivity index (χ3n) is 2.28. The van der Waals surface area contributed by atoms with Crippen LogP contribution in [0, 0.1) is 12.7 Å². The average molecular weight is 232 g/mol. The van der Waals surface area contributed by atoms with Crippen LogP contribution in [0.3, 0.4) is 0 Å². The molecule has 0 aromatic carbocycles. The van der Waals surface area contributed by atoms with E-state index in [1.54, 1.807) is 12.4 Å². The van der Waals surface area contributed by atoms with Crippen molar-refractivity contribution in [2.75, 3.05) is 11.9 Å². The summed E-state index contributed by atoms with van der Waals surface area (Å²) in [7, 11) is 0. The van der Waals surface area contributed by atoms with E-state index in [2.05, 4.69) is 20.3 Å². The molecule has 0 radical (unpaired) electrons. The zero-order chi connectivity index (χ0) is 12.3. The predicted molar refractivity (Wildman–Crippen MR) is 64.1 cm³/mol. The number of rotatable bonds is 3. The van der Waals surface area contributed by atoms with Gasteiger partial charge in [0.2, 0.25) is 5.95 Å². The number of aromatic nitrogens is 3. The summed E-state index contributed by atoms with van der Waals surface area (Å²) in [4.78, 5) is 12.3. The lowest BCUT2D eigenvalue weighted by Crippen LogP contribution is -2.03. The number of hydrogen-bond acceptors (Lipinski definition) is 4. The van der Waals surface area contributed by atoms with Gasteiger partial charge in [-0.3, -0.25) is 4.98 Å². The van der Waals surface area contributed by atoms with Gasteiger partial charge in [0.1, 0.15) is 5.82 Å². The Morgan fingerprint density at radius 1 is 1.29 bits per heavy atom. The number of halogens is 1. The zero-order valence-corrected chi connectivity index (χ0v) is 9.74. The smallest absolute Gasteiger partial charge is 0.223 e. The van der Waals surface area contributed by atoms with Gasteiger partial charge in [-0.15, -0.1) is 0 Å². The van der Waals surface area contributed by atoms with E-state index in [1.807, 2.05) is 13.8 Å². The summed E-state index contributed by atoms with van der Waals surface area (Å²) in [5.74, 6) is 0.169. The molecule has 0 atom stereocenters. The summed E-state index contributed by atoms with van der Waals surface area (Å²) in [6, 6.07) is 1.41. The maximum Gasteiger partial charge on any atom is 0.223 e. The first-order valence-electron chi connectivity index (χ1n) is 5.39. The summed E-state index contributed by atoms with van der Waals surface area (Å²) < 4.78 is 13.1. The molecule has 5 heteroatoms. The van der Waals surface area contributed by atoms with E-state index in [9.17, 15) is 4.39 Å². The minimum absolute atomic E-state index is 0.370. The van der Waals surface area contributed by atoms with Crippen molar-refractivity contribution in [3.8, 4) is 11.3 Å². The predicted octanol–water partition coefficient (Wildman–Crippen LogP) is 2.42. The summed E-state index contributed by atoms with van der Waals surface area (Å²) >= 11 is 0. The zero-order valence-electron chi connectivity index (χ0n) is 9.74. The minimum atomic E-state index is -0.370. The van der Waals surface area contributed by atoms with Gasteiger partial charge >= 0.3 is 0 Å². The molecular weight excluding hydrogens is 219 g/mol. The molecule has 2 aromatic heterocycles. The van der Waals surface area contributed by atoms with Crippen molar-refractivity contribution in [1.82, 2.24) is 15.0 Å². The van der Waals surface area contributed by atoms with Crippen molar-refractivity contribution < 1.29 is 4.39 Å². The Morgan fingerprint density at radius 2 is 2.12 bits per heavy atom. The summed E-state index contributed by atoms with van der Waals surface area (Å²) in [6.45, 7) is 4.59. The van der Waals surface area contributed by atoms with Crippen molar-refractivity contribution >= 4 is 5.95 Å². The molecular formula is C12H13FN4. The lowest BCUT2D eigenvalue weighted by molar-refractivity contribution is 0.622. The molecule has 88 valence electrons. The second-order valence-electron chi connectivity index (χ2n) is 3.65. The molecule has 0 aliphatic heterocycles. The second-order valence-corrected chi connectivity index (χ2v) is 3.65. The summed E-state index contributed by atoms with van der Waals surface area (Å²) in [5.41, 5.74) is 2.24. The van der Waals surface area contributed by atoms with Crippen LogP contribution in [0.5, 0.6) is 0 Å². The molecule has 0 aliphatic rings. The quantitative estimate of drug-likeness (QED) is 0.883. The molecule has 2 aromatic rings. The Balaban J connectivity index is 2.46. The van der Waals surface area contributed by atoms with Crippen LogP contribution in [0.2, 0.25) is 0 Å². The number of anilines is 1. The Hall–Kier alpha value is -2.04. The van der Waals surface area contributed by atoms with Crippen LogP contribution in [-0.4, -0.2) is 21.5 Å². The van der Waals surface area contributed by atoms with Crippen LogP contribution in [0.15, 0.2) is 24.7 Å². The normalized spacial score (nSPS) is 10.3. The molecule has 0 aliphatic carbocycles. The molecule has 0 amide bonds. The fourth-order valence-corrected chi connectivity index (χ4v) is 1.52. The molecule has 2 rings (SSSR count). The van der Waals surface area contributed by atoms with Crippen LogP contribution >= 0.6 is 0 Å². The number of hydrogen-bond donors (Lipinski definition) is 1. The van der Waals surface area contributed by atoms with Crippen molar-refractivity contribution in [2.45, 2.75) is 13.8 Å². The first kappa shape index (κ1) is 11.4. The second kappa shape index (κ2) is 4.86. The van der Waals surface area contributed by atoms with Gasteiger partial charge in [-0.05, 0) is 25.5 Å². The average Bonchev–Trinajstić information content (AvgIpc) is 2.32. The van der Waals surface area contributed by atoms with Gasteiger partial charge in [0, 0.05) is 24.5 Å². The Labute approximate surface area is 99.0 Å². The van der Waals surface area contributed by atoms with Crippen molar-refractivity contribution in [3.63, 3.8) is 0 Å². The topological polar surface area (TPSA) is 50.7 Å². The van der Waals surface area contributed by atoms with E-state index >= 15 is 0 Å². The van der Waals surface area contributed by atoms with Crippen LogP contribution in [0.25, 0.3) is 11.3 Å². The standard InChI is InChI=1S/C12H13FN4/c1-3-15-12-16-5-8(2)11(17-12)9-4-10(13)7-14-6-9/h4-7H,3H2,1-2H3,(H,15,16,17). The van der Waals surface area contributed by atoms with E-state index in [0.717, 1.165) is 12.1 Å². The fourth-order valence-electron chi connectivity index (χ4n) is 1.52. The van der Waals surface area contributed by atoms with E-state index in [0.29, 0.717) is 17.2 Å². The fraction of sp³-hybridized carbons (Fsp3) is 0.250. The first-order chi connectivity index (χ1) is 8.20. The molecule has 17 heavy (non-hydrogen) atoms. The molecule has 0 unspecified atom stereocenters. The third-order valence-corrected chi connectivity index (χ3v) is 2.28. The van der Waals surface area contributed by atoms with Crippen LogP contribution in [0.4, 0.5) is 10.3 Å². The molecule has 0 saturated heterocycles. The Bertz CT molecular complexity index is 528. The number of aryl methyl sites for hydroxylation is 1. The van der Waals surface area contributed by atoms with E-state index in [4.69, 9.17) is 0 Å².